The van der Waals surface area contributed by atoms with Crippen molar-refractivity contribution < 1.29 is 9.90 Å². The highest BCUT2D eigenvalue weighted by Gasteiger charge is 2.39. The normalized spacial score (nSPS) is 23.5. The van der Waals surface area contributed by atoms with E-state index in [4.69, 9.17) is 0 Å². The molecule has 1 N–H and O–H groups in total. The first kappa shape index (κ1) is 18.2. The Morgan fingerprint density at radius 3 is 2.33 bits per heavy atom. The molecule has 27 heavy (non-hydrogen) atoms. The molecule has 0 radical (unpaired) electrons. The zero-order chi connectivity index (χ0) is 18.7. The second-order valence-corrected chi connectivity index (χ2v) is 7.91. The Morgan fingerprint density at radius 2 is 1.63 bits per heavy atom. The van der Waals surface area contributed by atoms with Gasteiger partial charge in [-0.2, -0.15) is 0 Å². The van der Waals surface area contributed by atoms with E-state index in [9.17, 15) is 9.90 Å². The van der Waals surface area contributed by atoms with Crippen LogP contribution in [0.25, 0.3) is 0 Å². The predicted molar refractivity (Wildman–Crippen MR) is 106 cm³/mol. The lowest BCUT2D eigenvalue weighted by molar-refractivity contribution is 0.0417. The molecule has 2 aliphatic heterocycles. The minimum atomic E-state index is -0.939. The van der Waals surface area contributed by atoms with Crippen molar-refractivity contribution in [3.63, 3.8) is 0 Å². The van der Waals surface area contributed by atoms with E-state index < -0.39 is 5.60 Å². The Hall–Kier alpha value is -2.17. The van der Waals surface area contributed by atoms with Crippen molar-refractivity contribution in [1.29, 1.82) is 0 Å². The molecule has 4 heteroatoms. The molecule has 2 fully saturated rings. The molecule has 0 aliphatic carbocycles. The number of aliphatic hydroxyl groups is 1. The summed E-state index contributed by atoms with van der Waals surface area (Å²) in [5, 5.41) is 11.0. The molecular weight excluding hydrogens is 336 g/mol. The van der Waals surface area contributed by atoms with Gasteiger partial charge in [0.2, 0.25) is 0 Å². The number of nitrogens with zero attached hydrogens (tertiary/aromatic N) is 2. The molecule has 0 saturated carbocycles. The van der Waals surface area contributed by atoms with Gasteiger partial charge in [0.15, 0.2) is 0 Å². The monoisotopic (exact) mass is 364 g/mol. The van der Waals surface area contributed by atoms with Crippen LogP contribution in [0.4, 0.5) is 0 Å². The summed E-state index contributed by atoms with van der Waals surface area (Å²) >= 11 is 0. The predicted octanol–water partition coefficient (Wildman–Crippen LogP) is 3.41. The minimum Gasteiger partial charge on any atom is -0.383 e. The van der Waals surface area contributed by atoms with E-state index >= 15 is 0 Å². The van der Waals surface area contributed by atoms with E-state index in [1.165, 1.54) is 37.9 Å². The molecule has 2 saturated heterocycles. The number of piperidine rings is 1. The number of hydrogen-bond acceptors (Lipinski definition) is 3. The molecule has 2 heterocycles. The number of amides is 1. The quantitative estimate of drug-likeness (QED) is 0.904. The number of benzene rings is 2. The highest BCUT2D eigenvalue weighted by atomic mass is 16.3. The third kappa shape index (κ3) is 4.07. The summed E-state index contributed by atoms with van der Waals surface area (Å²) in [5.41, 5.74) is 1.91. The van der Waals surface area contributed by atoms with Crippen LogP contribution < -0.4 is 0 Å². The molecule has 1 unspecified atom stereocenters. The number of hydrogen-bond donors (Lipinski definition) is 1. The summed E-state index contributed by atoms with van der Waals surface area (Å²) in [7, 11) is 0. The molecular formula is C23H28N2O2. The first-order valence-corrected chi connectivity index (χ1v) is 10.0. The molecule has 2 aromatic rings. The number of carbonyl (C=O) groups is 1. The van der Waals surface area contributed by atoms with Gasteiger partial charge in [0, 0.05) is 18.7 Å². The van der Waals surface area contributed by atoms with E-state index in [-0.39, 0.29) is 5.91 Å². The lowest BCUT2D eigenvalue weighted by Crippen LogP contribution is -2.34. The van der Waals surface area contributed by atoms with Crippen molar-refractivity contribution in [3.8, 4) is 0 Å². The molecule has 1 atom stereocenters. The second-order valence-electron chi connectivity index (χ2n) is 7.91. The van der Waals surface area contributed by atoms with Gasteiger partial charge in [-0.15, -0.1) is 0 Å². The third-order valence-corrected chi connectivity index (χ3v) is 5.90. The van der Waals surface area contributed by atoms with Crippen molar-refractivity contribution in [2.75, 3.05) is 26.2 Å². The second kappa shape index (κ2) is 7.83. The zero-order valence-corrected chi connectivity index (χ0v) is 15.8. The lowest BCUT2D eigenvalue weighted by atomic mass is 9.93. The van der Waals surface area contributed by atoms with Gasteiger partial charge in [-0.25, -0.2) is 0 Å². The maximum absolute atomic E-state index is 12.9. The molecule has 2 aromatic carbocycles. The summed E-state index contributed by atoms with van der Waals surface area (Å²) in [5.74, 6) is 0.00591. The van der Waals surface area contributed by atoms with Crippen LogP contribution in [0.15, 0.2) is 54.6 Å². The number of likely N-dealkylation sites (tertiary alicyclic amines) is 2. The molecule has 0 bridgehead atoms. The molecule has 2 aliphatic rings. The fraction of sp³-hybridized carbons (Fsp3) is 0.435. The zero-order valence-electron chi connectivity index (χ0n) is 15.8. The topological polar surface area (TPSA) is 43.8 Å². The van der Waals surface area contributed by atoms with Crippen molar-refractivity contribution in [3.05, 3.63) is 71.3 Å². The van der Waals surface area contributed by atoms with E-state index in [1.54, 1.807) is 4.90 Å². The number of β-amino-alcohol motifs (C(OH)–C–C–N with tert-alkyl or cyclic N) is 1. The Balaban J connectivity index is 1.39. The van der Waals surface area contributed by atoms with Gasteiger partial charge < -0.3 is 10.0 Å². The van der Waals surface area contributed by atoms with Crippen LogP contribution in [0.1, 0.15) is 47.2 Å². The Kier molecular flexibility index (Phi) is 5.28. The van der Waals surface area contributed by atoms with E-state index in [2.05, 4.69) is 17.0 Å². The van der Waals surface area contributed by atoms with Crippen LogP contribution in [-0.2, 0) is 12.1 Å². The SMILES string of the molecule is O=C(c1ccc(CN2CCCCC2)cc1)N1CCC(O)(c2ccccc2)C1. The minimum absolute atomic E-state index is 0.00591. The average Bonchev–Trinajstić information content (AvgIpc) is 3.13. The van der Waals surface area contributed by atoms with Gasteiger partial charge in [0.1, 0.15) is 5.60 Å². The van der Waals surface area contributed by atoms with Crippen LogP contribution in [0.5, 0.6) is 0 Å². The Morgan fingerprint density at radius 1 is 0.926 bits per heavy atom. The van der Waals surface area contributed by atoms with Crippen LogP contribution in [0.2, 0.25) is 0 Å². The van der Waals surface area contributed by atoms with Crippen LogP contribution in [-0.4, -0.2) is 47.0 Å². The highest BCUT2D eigenvalue weighted by Crippen LogP contribution is 2.32. The summed E-state index contributed by atoms with van der Waals surface area (Å²) in [6.45, 7) is 4.25. The first-order chi connectivity index (χ1) is 13.1. The fourth-order valence-corrected chi connectivity index (χ4v) is 4.26. The van der Waals surface area contributed by atoms with Crippen molar-refractivity contribution in [2.24, 2.45) is 0 Å². The number of rotatable bonds is 4. The summed E-state index contributed by atoms with van der Waals surface area (Å²) < 4.78 is 0. The summed E-state index contributed by atoms with van der Waals surface area (Å²) in [6.07, 6.45) is 4.50. The van der Waals surface area contributed by atoms with Crippen molar-refractivity contribution >= 4 is 5.91 Å². The van der Waals surface area contributed by atoms with E-state index in [0.717, 1.165) is 12.1 Å². The fourth-order valence-electron chi connectivity index (χ4n) is 4.26. The summed E-state index contributed by atoms with van der Waals surface area (Å²) in [4.78, 5) is 17.1. The van der Waals surface area contributed by atoms with E-state index in [0.29, 0.717) is 25.1 Å². The van der Waals surface area contributed by atoms with Gasteiger partial charge in [0.25, 0.3) is 5.91 Å². The van der Waals surface area contributed by atoms with Gasteiger partial charge in [-0.3, -0.25) is 9.69 Å². The van der Waals surface area contributed by atoms with Gasteiger partial charge >= 0.3 is 0 Å². The smallest absolute Gasteiger partial charge is 0.253 e. The molecule has 0 spiro atoms. The largest absolute Gasteiger partial charge is 0.383 e. The van der Waals surface area contributed by atoms with Crippen molar-refractivity contribution in [2.45, 2.75) is 37.8 Å². The maximum Gasteiger partial charge on any atom is 0.253 e. The van der Waals surface area contributed by atoms with Gasteiger partial charge in [0.05, 0.1) is 6.54 Å². The maximum atomic E-state index is 12.9. The Bertz CT molecular complexity index is 769. The standard InChI is InChI=1S/C23H28N2O2/c26-22(25-16-13-23(27,18-25)21-7-3-1-4-8-21)20-11-9-19(10-12-20)17-24-14-5-2-6-15-24/h1,3-4,7-12,27H,2,5-6,13-18H2. The Labute approximate surface area is 161 Å². The van der Waals surface area contributed by atoms with Gasteiger partial charge in [-0.05, 0) is 55.6 Å². The number of carbonyl (C=O) groups excluding carboxylic acids is 1. The van der Waals surface area contributed by atoms with Crippen LogP contribution >= 0.6 is 0 Å². The summed E-state index contributed by atoms with van der Waals surface area (Å²) in [6, 6.07) is 17.7. The average molecular weight is 364 g/mol. The van der Waals surface area contributed by atoms with Gasteiger partial charge in [-0.1, -0.05) is 48.9 Å². The molecule has 4 nitrogen and oxygen atoms in total. The van der Waals surface area contributed by atoms with E-state index in [1.807, 2.05) is 42.5 Å². The molecule has 0 aromatic heterocycles. The van der Waals surface area contributed by atoms with Crippen LogP contribution in [0.3, 0.4) is 0 Å². The highest BCUT2D eigenvalue weighted by molar-refractivity contribution is 5.94. The lowest BCUT2D eigenvalue weighted by Gasteiger charge is -2.26. The van der Waals surface area contributed by atoms with Crippen LogP contribution in [0, 0.1) is 0 Å². The molecule has 142 valence electrons. The van der Waals surface area contributed by atoms with Crippen molar-refractivity contribution in [1.82, 2.24) is 9.80 Å². The molecule has 1 amide bonds. The third-order valence-electron chi connectivity index (χ3n) is 5.90. The molecule has 4 rings (SSSR count). The first-order valence-electron chi connectivity index (χ1n) is 10.0.